The van der Waals surface area contributed by atoms with Crippen LogP contribution < -0.4 is 0 Å². The number of pyridine rings is 1. The van der Waals surface area contributed by atoms with Crippen LogP contribution in [0.3, 0.4) is 0 Å². The van der Waals surface area contributed by atoms with E-state index >= 15 is 0 Å². The Labute approximate surface area is 134 Å². The average Bonchev–Trinajstić information content (AvgIpc) is 2.39. The van der Waals surface area contributed by atoms with Crippen LogP contribution in [0.15, 0.2) is 12.3 Å². The van der Waals surface area contributed by atoms with Crippen molar-refractivity contribution in [2.75, 3.05) is 0 Å². The standard InChI is InChI=1S/C12H6Cl5NO/c1-4-2-3-18-11(12(4)19)5-6(13)8(15)10(17)9(16)7(5)14/h2-3,19H,1H3. The lowest BCUT2D eigenvalue weighted by atomic mass is 10.1. The number of rotatable bonds is 1. The molecule has 1 heterocycles. The molecule has 1 aromatic heterocycles. The molecule has 1 aromatic carbocycles. The second-order valence-electron chi connectivity index (χ2n) is 3.77. The fourth-order valence-electron chi connectivity index (χ4n) is 1.55. The maximum absolute atomic E-state index is 10.1. The van der Waals surface area contributed by atoms with Crippen LogP contribution in [0.2, 0.25) is 25.1 Å². The van der Waals surface area contributed by atoms with Crippen molar-refractivity contribution in [2.24, 2.45) is 0 Å². The van der Waals surface area contributed by atoms with Gasteiger partial charge in [-0.1, -0.05) is 58.0 Å². The maximum Gasteiger partial charge on any atom is 0.144 e. The minimum absolute atomic E-state index is 0.0410. The number of halogens is 5. The summed E-state index contributed by atoms with van der Waals surface area (Å²) in [4.78, 5) is 4.06. The summed E-state index contributed by atoms with van der Waals surface area (Å²) in [6.07, 6.45) is 1.52. The van der Waals surface area contributed by atoms with E-state index in [-0.39, 0.29) is 42.1 Å². The van der Waals surface area contributed by atoms with Crippen molar-refractivity contribution in [1.82, 2.24) is 4.98 Å². The Bertz CT molecular complexity index is 643. The van der Waals surface area contributed by atoms with Crippen molar-refractivity contribution in [2.45, 2.75) is 6.92 Å². The number of hydrogen-bond donors (Lipinski definition) is 1. The Hall–Kier alpha value is -0.380. The van der Waals surface area contributed by atoms with Crippen LogP contribution in [0.4, 0.5) is 0 Å². The van der Waals surface area contributed by atoms with Crippen molar-refractivity contribution in [3.05, 3.63) is 42.9 Å². The SMILES string of the molecule is Cc1ccnc(-c2c(Cl)c(Cl)c(Cl)c(Cl)c2Cl)c1O. The van der Waals surface area contributed by atoms with Crippen molar-refractivity contribution in [3.63, 3.8) is 0 Å². The first-order valence-corrected chi connectivity index (χ1v) is 6.91. The summed E-state index contributed by atoms with van der Waals surface area (Å²) in [5.74, 6) is -0.0410. The minimum atomic E-state index is -0.0410. The van der Waals surface area contributed by atoms with Crippen LogP contribution in [-0.2, 0) is 0 Å². The van der Waals surface area contributed by atoms with Gasteiger partial charge in [0.25, 0.3) is 0 Å². The number of benzene rings is 1. The molecule has 19 heavy (non-hydrogen) atoms. The molecule has 0 saturated heterocycles. The molecule has 0 atom stereocenters. The van der Waals surface area contributed by atoms with E-state index in [4.69, 9.17) is 58.0 Å². The van der Waals surface area contributed by atoms with Crippen LogP contribution in [0.5, 0.6) is 5.75 Å². The summed E-state index contributed by atoms with van der Waals surface area (Å²) < 4.78 is 0. The van der Waals surface area contributed by atoms with Gasteiger partial charge in [-0.25, -0.2) is 0 Å². The van der Waals surface area contributed by atoms with Gasteiger partial charge in [0.2, 0.25) is 0 Å². The highest BCUT2D eigenvalue weighted by Crippen LogP contribution is 2.49. The van der Waals surface area contributed by atoms with E-state index in [9.17, 15) is 5.11 Å². The molecule has 0 spiro atoms. The molecule has 1 N–H and O–H groups in total. The van der Waals surface area contributed by atoms with Gasteiger partial charge in [-0.05, 0) is 18.6 Å². The van der Waals surface area contributed by atoms with E-state index < -0.39 is 0 Å². The molecule has 0 fully saturated rings. The summed E-state index contributed by atoms with van der Waals surface area (Å²) in [5.41, 5.74) is 1.08. The number of aromatic hydroxyl groups is 1. The summed E-state index contributed by atoms with van der Waals surface area (Å²) in [7, 11) is 0. The van der Waals surface area contributed by atoms with E-state index in [1.54, 1.807) is 13.0 Å². The lowest BCUT2D eigenvalue weighted by Crippen LogP contribution is -1.91. The van der Waals surface area contributed by atoms with Crippen LogP contribution >= 0.6 is 58.0 Å². The second kappa shape index (κ2) is 5.55. The Morgan fingerprint density at radius 2 is 1.37 bits per heavy atom. The lowest BCUT2D eigenvalue weighted by Gasteiger charge is -2.13. The lowest BCUT2D eigenvalue weighted by molar-refractivity contribution is 0.471. The molecule has 0 aliphatic carbocycles. The Morgan fingerprint density at radius 3 is 1.89 bits per heavy atom. The Balaban J connectivity index is 2.87. The second-order valence-corrected chi connectivity index (χ2v) is 5.66. The Morgan fingerprint density at radius 1 is 0.895 bits per heavy atom. The third-order valence-corrected chi connectivity index (χ3v) is 4.85. The summed E-state index contributed by atoms with van der Waals surface area (Å²) in [6.45, 7) is 1.72. The molecular formula is C12H6Cl5NO. The van der Waals surface area contributed by atoms with Crippen molar-refractivity contribution < 1.29 is 5.11 Å². The largest absolute Gasteiger partial charge is 0.505 e. The van der Waals surface area contributed by atoms with Crippen LogP contribution in [0, 0.1) is 6.92 Å². The molecule has 0 aliphatic rings. The van der Waals surface area contributed by atoms with E-state index in [0.29, 0.717) is 5.56 Å². The highest BCUT2D eigenvalue weighted by atomic mass is 35.5. The molecule has 0 aliphatic heterocycles. The highest BCUT2D eigenvalue weighted by Gasteiger charge is 2.23. The van der Waals surface area contributed by atoms with Gasteiger partial charge >= 0.3 is 0 Å². The van der Waals surface area contributed by atoms with Gasteiger partial charge in [-0.2, -0.15) is 0 Å². The third-order valence-electron chi connectivity index (χ3n) is 2.57. The average molecular weight is 357 g/mol. The van der Waals surface area contributed by atoms with Gasteiger partial charge < -0.3 is 5.11 Å². The highest BCUT2D eigenvalue weighted by molar-refractivity contribution is 6.56. The molecule has 2 nitrogen and oxygen atoms in total. The fourth-order valence-corrected chi connectivity index (χ4v) is 2.86. The molecule has 0 radical (unpaired) electrons. The maximum atomic E-state index is 10.1. The predicted octanol–water partition coefficient (Wildman–Crippen LogP) is 6.03. The molecule has 2 rings (SSSR count). The first-order valence-electron chi connectivity index (χ1n) is 5.02. The predicted molar refractivity (Wildman–Crippen MR) is 81.1 cm³/mol. The number of hydrogen-bond acceptors (Lipinski definition) is 2. The molecule has 100 valence electrons. The van der Waals surface area contributed by atoms with E-state index in [1.165, 1.54) is 6.20 Å². The smallest absolute Gasteiger partial charge is 0.144 e. The van der Waals surface area contributed by atoms with E-state index in [2.05, 4.69) is 4.98 Å². The van der Waals surface area contributed by atoms with Gasteiger partial charge in [0.15, 0.2) is 0 Å². The molecule has 0 saturated carbocycles. The first-order chi connectivity index (χ1) is 8.86. The number of aryl methyl sites for hydroxylation is 1. The minimum Gasteiger partial charge on any atom is -0.505 e. The topological polar surface area (TPSA) is 33.1 Å². The third kappa shape index (κ3) is 2.48. The number of aromatic nitrogens is 1. The number of nitrogens with zero attached hydrogens (tertiary/aromatic N) is 1. The van der Waals surface area contributed by atoms with Gasteiger partial charge in [-0.3, -0.25) is 4.98 Å². The van der Waals surface area contributed by atoms with Gasteiger partial charge in [0.1, 0.15) is 11.4 Å². The van der Waals surface area contributed by atoms with Crippen molar-refractivity contribution in [1.29, 1.82) is 0 Å². The normalized spacial score (nSPS) is 10.8. The van der Waals surface area contributed by atoms with E-state index in [1.807, 2.05) is 0 Å². The quantitative estimate of drug-likeness (QED) is 0.499. The summed E-state index contributed by atoms with van der Waals surface area (Å²) in [5, 5.41) is 10.4. The zero-order valence-electron chi connectivity index (χ0n) is 9.44. The molecule has 0 amide bonds. The van der Waals surface area contributed by atoms with E-state index in [0.717, 1.165) is 0 Å². The monoisotopic (exact) mass is 355 g/mol. The van der Waals surface area contributed by atoms with Crippen LogP contribution in [0.1, 0.15) is 5.56 Å². The van der Waals surface area contributed by atoms with Crippen LogP contribution in [-0.4, -0.2) is 10.1 Å². The van der Waals surface area contributed by atoms with Gasteiger partial charge in [0.05, 0.1) is 25.1 Å². The molecule has 2 aromatic rings. The van der Waals surface area contributed by atoms with Gasteiger partial charge in [-0.15, -0.1) is 0 Å². The van der Waals surface area contributed by atoms with Gasteiger partial charge in [0, 0.05) is 11.8 Å². The zero-order chi connectivity index (χ0) is 14.3. The fraction of sp³-hybridized carbons (Fsp3) is 0.0833. The van der Waals surface area contributed by atoms with Crippen molar-refractivity contribution in [3.8, 4) is 17.0 Å². The molecule has 0 bridgehead atoms. The van der Waals surface area contributed by atoms with Crippen molar-refractivity contribution >= 4 is 58.0 Å². The molecule has 7 heteroatoms. The first kappa shape index (κ1) is 15.0. The summed E-state index contributed by atoms with van der Waals surface area (Å²) in [6, 6.07) is 1.65. The summed E-state index contributed by atoms with van der Waals surface area (Å²) >= 11 is 30.1. The zero-order valence-corrected chi connectivity index (χ0v) is 13.2. The van der Waals surface area contributed by atoms with Crippen LogP contribution in [0.25, 0.3) is 11.3 Å². The Kier molecular flexibility index (Phi) is 4.38. The molecular weight excluding hydrogens is 351 g/mol. The molecule has 0 unspecified atom stereocenters.